The number of halogens is 1. The highest BCUT2D eigenvalue weighted by molar-refractivity contribution is 6.33. The van der Waals surface area contributed by atoms with Crippen molar-refractivity contribution < 1.29 is 25.2 Å². The standard InChI is InChI=1S/C9H10ClNO5/c10-7-3(1-4(11)9(15)16)8(14)6(13)2-5(7)12/h2,4,12-14H,1,11H2,(H,15,16). The highest BCUT2D eigenvalue weighted by atomic mass is 35.5. The SMILES string of the molecule is NC(Cc1c(O)c(O)cc(O)c1Cl)C(=O)O. The quantitative estimate of drug-likeness (QED) is 0.389. The number of carboxylic acid groups (broad SMARTS) is 1. The molecule has 0 aliphatic carbocycles. The molecule has 1 aromatic carbocycles. The summed E-state index contributed by atoms with van der Waals surface area (Å²) in [5, 5.41) is 36.3. The average Bonchev–Trinajstić information content (AvgIpc) is 2.21. The highest BCUT2D eigenvalue weighted by Crippen LogP contribution is 2.40. The van der Waals surface area contributed by atoms with Crippen LogP contribution in [0.4, 0.5) is 0 Å². The number of aromatic hydroxyl groups is 3. The Morgan fingerprint density at radius 1 is 1.38 bits per heavy atom. The van der Waals surface area contributed by atoms with Crippen molar-refractivity contribution in [3.05, 3.63) is 16.7 Å². The van der Waals surface area contributed by atoms with Gasteiger partial charge in [-0.1, -0.05) is 11.6 Å². The Bertz CT molecular complexity index is 408. The van der Waals surface area contributed by atoms with Crippen molar-refractivity contribution >= 4 is 17.6 Å². The number of rotatable bonds is 3. The smallest absolute Gasteiger partial charge is 0.320 e. The van der Waals surface area contributed by atoms with Crippen molar-refractivity contribution in [3.63, 3.8) is 0 Å². The molecule has 0 bridgehead atoms. The van der Waals surface area contributed by atoms with Crippen molar-refractivity contribution in [3.8, 4) is 17.2 Å². The number of nitrogens with two attached hydrogens (primary N) is 1. The van der Waals surface area contributed by atoms with Gasteiger partial charge in [-0.05, 0) is 0 Å². The third kappa shape index (κ3) is 2.29. The zero-order valence-electron chi connectivity index (χ0n) is 8.01. The molecule has 0 spiro atoms. The molecule has 1 rings (SSSR count). The van der Waals surface area contributed by atoms with E-state index >= 15 is 0 Å². The first-order chi connectivity index (χ1) is 7.34. The normalized spacial score (nSPS) is 12.4. The summed E-state index contributed by atoms with van der Waals surface area (Å²) in [5.74, 6) is -2.91. The van der Waals surface area contributed by atoms with Gasteiger partial charge in [-0.3, -0.25) is 4.79 Å². The summed E-state index contributed by atoms with van der Waals surface area (Å²) in [7, 11) is 0. The van der Waals surface area contributed by atoms with E-state index in [1.54, 1.807) is 0 Å². The van der Waals surface area contributed by atoms with Crippen molar-refractivity contribution in [2.24, 2.45) is 5.73 Å². The number of hydrogen-bond donors (Lipinski definition) is 5. The van der Waals surface area contributed by atoms with Crippen LogP contribution in [0.25, 0.3) is 0 Å². The first-order valence-electron chi connectivity index (χ1n) is 4.25. The molecule has 1 unspecified atom stereocenters. The van der Waals surface area contributed by atoms with Crippen LogP contribution in [0.5, 0.6) is 17.2 Å². The zero-order valence-corrected chi connectivity index (χ0v) is 8.77. The molecule has 0 heterocycles. The van der Waals surface area contributed by atoms with E-state index in [1.165, 1.54) is 0 Å². The minimum absolute atomic E-state index is 0.103. The first kappa shape index (κ1) is 12.4. The Morgan fingerprint density at radius 2 is 1.94 bits per heavy atom. The van der Waals surface area contributed by atoms with Gasteiger partial charge in [0.15, 0.2) is 11.5 Å². The lowest BCUT2D eigenvalue weighted by Crippen LogP contribution is -2.32. The van der Waals surface area contributed by atoms with E-state index in [1.807, 2.05) is 0 Å². The van der Waals surface area contributed by atoms with Crippen LogP contribution < -0.4 is 5.73 Å². The number of aliphatic carboxylic acids is 1. The molecule has 0 saturated heterocycles. The second-order valence-electron chi connectivity index (χ2n) is 3.20. The van der Waals surface area contributed by atoms with Gasteiger partial charge in [0.05, 0.1) is 5.02 Å². The van der Waals surface area contributed by atoms with E-state index < -0.39 is 29.3 Å². The molecule has 1 aromatic rings. The van der Waals surface area contributed by atoms with E-state index in [-0.39, 0.29) is 17.0 Å². The van der Waals surface area contributed by atoms with Crippen LogP contribution in [0.15, 0.2) is 6.07 Å². The number of hydrogen-bond acceptors (Lipinski definition) is 5. The molecular weight excluding hydrogens is 238 g/mol. The fourth-order valence-corrected chi connectivity index (χ4v) is 1.39. The van der Waals surface area contributed by atoms with E-state index in [0.29, 0.717) is 0 Å². The Balaban J connectivity index is 3.17. The Kier molecular flexibility index (Phi) is 3.46. The molecule has 0 radical (unpaired) electrons. The fraction of sp³-hybridized carbons (Fsp3) is 0.222. The molecule has 0 aliphatic rings. The lowest BCUT2D eigenvalue weighted by Gasteiger charge is -2.12. The fourth-order valence-electron chi connectivity index (χ4n) is 1.17. The van der Waals surface area contributed by atoms with E-state index in [2.05, 4.69) is 0 Å². The van der Waals surface area contributed by atoms with E-state index in [9.17, 15) is 20.1 Å². The number of phenols is 3. The maximum absolute atomic E-state index is 10.5. The van der Waals surface area contributed by atoms with Crippen LogP contribution in [0.3, 0.4) is 0 Å². The monoisotopic (exact) mass is 247 g/mol. The molecule has 0 fully saturated rings. The summed E-state index contributed by atoms with van der Waals surface area (Å²) in [4.78, 5) is 10.5. The largest absolute Gasteiger partial charge is 0.506 e. The Labute approximate surface area is 95.5 Å². The predicted octanol–water partition coefficient (Wildman–Crippen LogP) is 0.411. The van der Waals surface area contributed by atoms with Gasteiger partial charge in [-0.25, -0.2) is 0 Å². The summed E-state index contributed by atoms with van der Waals surface area (Å²) < 4.78 is 0. The molecule has 88 valence electrons. The minimum atomic E-state index is -1.29. The van der Waals surface area contributed by atoms with Gasteiger partial charge in [0.25, 0.3) is 0 Å². The summed E-state index contributed by atoms with van der Waals surface area (Å²) in [6, 6.07) is -0.433. The van der Waals surface area contributed by atoms with Gasteiger partial charge in [0, 0.05) is 18.1 Å². The number of phenolic OH excluding ortho intramolecular Hbond substituents is 3. The van der Waals surface area contributed by atoms with Crippen LogP contribution in [-0.4, -0.2) is 32.4 Å². The van der Waals surface area contributed by atoms with Crippen LogP contribution in [0, 0.1) is 0 Å². The molecule has 0 aliphatic heterocycles. The number of carbonyl (C=O) groups is 1. The number of benzene rings is 1. The summed E-state index contributed by atoms with van der Waals surface area (Å²) >= 11 is 5.65. The van der Waals surface area contributed by atoms with Crippen molar-refractivity contribution in [1.29, 1.82) is 0 Å². The maximum Gasteiger partial charge on any atom is 0.320 e. The summed E-state index contributed by atoms with van der Waals surface area (Å²) in [6.45, 7) is 0. The molecule has 7 heteroatoms. The third-order valence-electron chi connectivity index (χ3n) is 2.03. The van der Waals surface area contributed by atoms with Gasteiger partial charge in [0.1, 0.15) is 11.8 Å². The molecular formula is C9H10ClNO5. The second-order valence-corrected chi connectivity index (χ2v) is 3.58. The van der Waals surface area contributed by atoms with Crippen LogP contribution in [0.2, 0.25) is 5.02 Å². The van der Waals surface area contributed by atoms with Gasteiger partial charge in [0.2, 0.25) is 0 Å². The first-order valence-corrected chi connectivity index (χ1v) is 4.63. The Hall–Kier alpha value is -1.66. The Morgan fingerprint density at radius 3 is 2.44 bits per heavy atom. The lowest BCUT2D eigenvalue weighted by atomic mass is 10.0. The van der Waals surface area contributed by atoms with Crippen molar-refractivity contribution in [1.82, 2.24) is 0 Å². The highest BCUT2D eigenvalue weighted by Gasteiger charge is 2.21. The topological polar surface area (TPSA) is 124 Å². The zero-order chi connectivity index (χ0) is 12.5. The molecule has 0 saturated carbocycles. The van der Waals surface area contributed by atoms with Gasteiger partial charge >= 0.3 is 5.97 Å². The van der Waals surface area contributed by atoms with Gasteiger partial charge in [-0.15, -0.1) is 0 Å². The molecule has 0 aromatic heterocycles. The molecule has 0 amide bonds. The van der Waals surface area contributed by atoms with Crippen molar-refractivity contribution in [2.75, 3.05) is 0 Å². The average molecular weight is 248 g/mol. The molecule has 1 atom stereocenters. The third-order valence-corrected chi connectivity index (χ3v) is 2.45. The molecule has 6 nitrogen and oxygen atoms in total. The van der Waals surface area contributed by atoms with Crippen LogP contribution in [0.1, 0.15) is 5.56 Å². The molecule has 6 N–H and O–H groups in total. The van der Waals surface area contributed by atoms with Gasteiger partial charge < -0.3 is 26.2 Å². The summed E-state index contributed by atoms with van der Waals surface area (Å²) in [6.07, 6.45) is -0.304. The van der Waals surface area contributed by atoms with E-state index in [0.717, 1.165) is 6.07 Å². The molecule has 16 heavy (non-hydrogen) atoms. The van der Waals surface area contributed by atoms with Crippen LogP contribution >= 0.6 is 11.6 Å². The van der Waals surface area contributed by atoms with Crippen LogP contribution in [-0.2, 0) is 11.2 Å². The lowest BCUT2D eigenvalue weighted by molar-refractivity contribution is -0.138. The van der Waals surface area contributed by atoms with Crippen molar-refractivity contribution in [2.45, 2.75) is 12.5 Å². The van der Waals surface area contributed by atoms with E-state index in [4.69, 9.17) is 22.4 Å². The summed E-state index contributed by atoms with van der Waals surface area (Å²) in [5.41, 5.74) is 5.15. The second kappa shape index (κ2) is 4.46. The minimum Gasteiger partial charge on any atom is -0.506 e. The maximum atomic E-state index is 10.5. The van der Waals surface area contributed by atoms with Gasteiger partial charge in [-0.2, -0.15) is 0 Å². The predicted molar refractivity (Wildman–Crippen MR) is 55.8 cm³/mol. The number of carboxylic acids is 1.